The van der Waals surface area contributed by atoms with E-state index in [0.717, 1.165) is 31.6 Å². The minimum Gasteiger partial charge on any atom is -0.504 e. The van der Waals surface area contributed by atoms with E-state index in [9.17, 15) is 5.11 Å². The normalized spacial score (nSPS) is 40.4. The number of ether oxygens (including phenoxy) is 1. The number of rotatable bonds is 0. The van der Waals surface area contributed by atoms with Crippen LogP contribution in [0.2, 0.25) is 0 Å². The van der Waals surface area contributed by atoms with Crippen LogP contribution >= 0.6 is 0 Å². The second-order valence-electron chi connectivity index (χ2n) is 6.79. The number of aromatic hydroxyl groups is 1. The van der Waals surface area contributed by atoms with E-state index in [2.05, 4.69) is 30.2 Å². The van der Waals surface area contributed by atoms with Crippen LogP contribution in [0.3, 0.4) is 0 Å². The molecule has 2 aliphatic heterocycles. The zero-order valence-corrected chi connectivity index (χ0v) is 11.7. The molecule has 0 aromatic heterocycles. The van der Waals surface area contributed by atoms with E-state index < -0.39 is 0 Å². The second kappa shape index (κ2) is 3.40. The van der Waals surface area contributed by atoms with Gasteiger partial charge in [0.05, 0.1) is 0 Å². The summed E-state index contributed by atoms with van der Waals surface area (Å²) in [6.07, 6.45) is 8.11. The maximum atomic E-state index is 10.2. The molecule has 2 aliphatic carbocycles. The lowest BCUT2D eigenvalue weighted by molar-refractivity contribution is 0.00197. The van der Waals surface area contributed by atoms with Crippen molar-refractivity contribution in [3.05, 3.63) is 35.4 Å². The Morgan fingerprint density at radius 1 is 1.40 bits per heavy atom. The summed E-state index contributed by atoms with van der Waals surface area (Å²) in [6.45, 7) is 1.13. The molecule has 20 heavy (non-hydrogen) atoms. The van der Waals surface area contributed by atoms with Crippen LogP contribution < -0.4 is 4.74 Å². The van der Waals surface area contributed by atoms with Gasteiger partial charge in [-0.05, 0) is 38.1 Å². The topological polar surface area (TPSA) is 32.7 Å². The summed E-state index contributed by atoms with van der Waals surface area (Å²) in [5, 5.41) is 10.2. The Hall–Kier alpha value is -1.48. The number of hydrogen-bond donors (Lipinski definition) is 1. The average molecular weight is 269 g/mol. The fourth-order valence-electron chi connectivity index (χ4n) is 5.21. The number of benzene rings is 1. The molecule has 2 bridgehead atoms. The average Bonchev–Trinajstić information content (AvgIpc) is 2.79. The van der Waals surface area contributed by atoms with Gasteiger partial charge in [-0.15, -0.1) is 0 Å². The van der Waals surface area contributed by atoms with Gasteiger partial charge in [0, 0.05) is 29.4 Å². The Balaban J connectivity index is 1.84. The van der Waals surface area contributed by atoms with Crippen LogP contribution in [0.5, 0.6) is 11.5 Å². The van der Waals surface area contributed by atoms with Crippen LogP contribution in [0.4, 0.5) is 0 Å². The van der Waals surface area contributed by atoms with E-state index in [1.165, 1.54) is 11.1 Å². The van der Waals surface area contributed by atoms with Crippen molar-refractivity contribution >= 4 is 0 Å². The van der Waals surface area contributed by atoms with E-state index in [1.54, 1.807) is 0 Å². The zero-order valence-electron chi connectivity index (χ0n) is 11.7. The number of likely N-dealkylation sites (tertiary alicyclic amines) is 1. The third-order valence-corrected chi connectivity index (χ3v) is 6.10. The molecular weight excluding hydrogens is 250 g/mol. The highest BCUT2D eigenvalue weighted by Crippen LogP contribution is 2.62. The van der Waals surface area contributed by atoms with Crippen LogP contribution in [0, 0.1) is 5.92 Å². The van der Waals surface area contributed by atoms with Crippen molar-refractivity contribution in [2.75, 3.05) is 13.6 Å². The molecule has 104 valence electrons. The summed E-state index contributed by atoms with van der Waals surface area (Å²) in [5.74, 6) is 1.64. The van der Waals surface area contributed by atoms with E-state index in [-0.39, 0.29) is 11.5 Å². The predicted molar refractivity (Wildman–Crippen MR) is 76.2 cm³/mol. The molecule has 1 saturated heterocycles. The number of phenolic OH excluding ortho intramolecular Hbond substituents is 1. The van der Waals surface area contributed by atoms with Crippen molar-refractivity contribution in [2.45, 2.75) is 36.8 Å². The fraction of sp³-hybridized carbons (Fsp3) is 0.529. The predicted octanol–water partition coefficient (Wildman–Crippen LogP) is 2.23. The van der Waals surface area contributed by atoms with Gasteiger partial charge in [0.1, 0.15) is 6.10 Å². The molecule has 0 radical (unpaired) electrons. The van der Waals surface area contributed by atoms with Gasteiger partial charge in [0.15, 0.2) is 11.5 Å². The summed E-state index contributed by atoms with van der Waals surface area (Å²) in [4.78, 5) is 2.51. The Bertz CT molecular complexity index is 638. The molecule has 1 aromatic carbocycles. The first-order chi connectivity index (χ1) is 9.72. The van der Waals surface area contributed by atoms with E-state index in [1.807, 2.05) is 6.07 Å². The van der Waals surface area contributed by atoms with Crippen molar-refractivity contribution in [2.24, 2.45) is 5.92 Å². The van der Waals surface area contributed by atoms with Crippen LogP contribution in [0.25, 0.3) is 0 Å². The summed E-state index contributed by atoms with van der Waals surface area (Å²) in [5.41, 5.74) is 2.85. The minimum atomic E-state index is 0.119. The van der Waals surface area contributed by atoms with Gasteiger partial charge in [-0.1, -0.05) is 18.2 Å². The van der Waals surface area contributed by atoms with Gasteiger partial charge in [-0.3, -0.25) is 0 Å². The highest BCUT2D eigenvalue weighted by Gasteiger charge is 2.61. The molecule has 2 heterocycles. The highest BCUT2D eigenvalue weighted by atomic mass is 16.5. The Labute approximate surface area is 118 Å². The van der Waals surface area contributed by atoms with Crippen molar-refractivity contribution in [3.63, 3.8) is 0 Å². The lowest BCUT2D eigenvalue weighted by Crippen LogP contribution is -2.62. The first kappa shape index (κ1) is 11.2. The largest absolute Gasteiger partial charge is 0.504 e. The third-order valence-electron chi connectivity index (χ3n) is 6.10. The summed E-state index contributed by atoms with van der Waals surface area (Å²) >= 11 is 0. The van der Waals surface area contributed by atoms with Crippen molar-refractivity contribution in [3.8, 4) is 11.5 Å². The second-order valence-corrected chi connectivity index (χ2v) is 6.79. The maximum absolute atomic E-state index is 10.2. The quantitative estimate of drug-likeness (QED) is 0.733. The van der Waals surface area contributed by atoms with Crippen LogP contribution in [0.15, 0.2) is 24.3 Å². The summed E-state index contributed by atoms with van der Waals surface area (Å²) in [7, 11) is 2.25. The van der Waals surface area contributed by atoms with Gasteiger partial charge in [0.2, 0.25) is 0 Å². The number of hydrogen-bond acceptors (Lipinski definition) is 3. The monoisotopic (exact) mass is 269 g/mol. The highest BCUT2D eigenvalue weighted by molar-refractivity contribution is 5.61. The SMILES string of the molecule is CN1CCC23c4c5ccc(O)c4O[C@H]2CC=CC3C1C5. The lowest BCUT2D eigenvalue weighted by Gasteiger charge is -2.55. The molecule has 3 nitrogen and oxygen atoms in total. The fourth-order valence-corrected chi connectivity index (χ4v) is 5.21. The number of nitrogens with zero attached hydrogens (tertiary/aromatic N) is 1. The van der Waals surface area contributed by atoms with E-state index >= 15 is 0 Å². The van der Waals surface area contributed by atoms with Crippen LogP contribution in [0.1, 0.15) is 24.0 Å². The van der Waals surface area contributed by atoms with Gasteiger partial charge >= 0.3 is 0 Å². The molecule has 0 saturated carbocycles. The molecule has 1 spiro atoms. The lowest BCUT2D eigenvalue weighted by atomic mass is 9.54. The molecular formula is C17H19NO2. The van der Waals surface area contributed by atoms with E-state index in [4.69, 9.17) is 4.74 Å². The first-order valence-electron chi connectivity index (χ1n) is 7.60. The Morgan fingerprint density at radius 3 is 3.20 bits per heavy atom. The minimum absolute atomic E-state index is 0.119. The molecule has 0 amide bonds. The molecule has 3 heteroatoms. The molecule has 5 rings (SSSR count). The van der Waals surface area contributed by atoms with Crippen LogP contribution in [-0.2, 0) is 11.8 Å². The molecule has 1 N–H and O–H groups in total. The molecule has 4 aliphatic rings. The zero-order chi connectivity index (χ0) is 13.5. The van der Waals surface area contributed by atoms with Gasteiger partial charge in [-0.2, -0.15) is 0 Å². The third kappa shape index (κ3) is 1.05. The Morgan fingerprint density at radius 2 is 2.30 bits per heavy atom. The molecule has 1 aromatic rings. The summed E-state index contributed by atoms with van der Waals surface area (Å²) < 4.78 is 6.22. The van der Waals surface area contributed by atoms with Crippen molar-refractivity contribution in [1.29, 1.82) is 0 Å². The number of likely N-dealkylation sites (N-methyl/N-ethyl adjacent to an activating group) is 1. The number of piperidine rings is 1. The van der Waals surface area contributed by atoms with Gasteiger partial charge in [-0.25, -0.2) is 0 Å². The van der Waals surface area contributed by atoms with Gasteiger partial charge < -0.3 is 14.7 Å². The smallest absolute Gasteiger partial charge is 0.165 e. The molecule has 4 atom stereocenters. The Kier molecular flexibility index (Phi) is 1.90. The van der Waals surface area contributed by atoms with E-state index in [0.29, 0.717) is 17.7 Å². The molecule has 1 fully saturated rings. The van der Waals surface area contributed by atoms with Crippen LogP contribution in [-0.4, -0.2) is 35.7 Å². The summed E-state index contributed by atoms with van der Waals surface area (Å²) in [6, 6.07) is 4.50. The first-order valence-corrected chi connectivity index (χ1v) is 7.60. The number of phenols is 1. The maximum Gasteiger partial charge on any atom is 0.165 e. The van der Waals surface area contributed by atoms with Crippen molar-refractivity contribution < 1.29 is 9.84 Å². The molecule has 3 unspecified atom stereocenters. The van der Waals surface area contributed by atoms with Crippen molar-refractivity contribution in [1.82, 2.24) is 4.90 Å². The standard InChI is InChI=1S/C17H19NO2/c1-18-8-7-17-11-3-2-4-14(17)20-16-13(19)6-5-10(15(16)17)9-12(11)18/h2-3,5-6,11-12,14,19H,4,7-9H2,1H3/t11?,12?,14-,17?/m0/s1. The van der Waals surface area contributed by atoms with Gasteiger partial charge in [0.25, 0.3) is 0 Å².